The van der Waals surface area contributed by atoms with Crippen molar-refractivity contribution in [2.24, 2.45) is 23.2 Å². The molecule has 166 valence electrons. The molecular formula is C24H33N5O2. The van der Waals surface area contributed by atoms with Gasteiger partial charge in [-0.25, -0.2) is 9.97 Å². The van der Waals surface area contributed by atoms with Gasteiger partial charge in [0.25, 0.3) is 0 Å². The zero-order valence-corrected chi connectivity index (χ0v) is 18.3. The molecule has 6 fully saturated rings. The Morgan fingerprint density at radius 2 is 1.48 bits per heavy atom. The maximum Gasteiger partial charge on any atom is 0.245 e. The standard InChI is InChI=1S/C24H33N5O2/c30-21(27-7-9-28(10-8-27)23-25-4-2-5-26-23)20-3-1-6-29(20)22(31)24-14-17-11-18(15-24)13-19(12-17)16-24/h2,4-5,17-20H,1,3,6-16H2. The van der Waals surface area contributed by atoms with Crippen molar-refractivity contribution in [3.63, 3.8) is 0 Å². The zero-order valence-electron chi connectivity index (χ0n) is 18.3. The number of piperazine rings is 1. The summed E-state index contributed by atoms with van der Waals surface area (Å²) in [7, 11) is 0. The van der Waals surface area contributed by atoms with E-state index in [4.69, 9.17) is 0 Å². The van der Waals surface area contributed by atoms with Crippen LogP contribution in [0.5, 0.6) is 0 Å². The van der Waals surface area contributed by atoms with Crippen LogP contribution in [0.1, 0.15) is 51.4 Å². The van der Waals surface area contributed by atoms with Crippen LogP contribution in [-0.2, 0) is 9.59 Å². The van der Waals surface area contributed by atoms with Crippen molar-refractivity contribution in [3.05, 3.63) is 18.5 Å². The van der Waals surface area contributed by atoms with E-state index >= 15 is 0 Å². The van der Waals surface area contributed by atoms with E-state index in [-0.39, 0.29) is 17.4 Å². The van der Waals surface area contributed by atoms with Gasteiger partial charge in [-0.2, -0.15) is 0 Å². The lowest BCUT2D eigenvalue weighted by Crippen LogP contribution is -2.59. The number of amides is 2. The van der Waals surface area contributed by atoms with Gasteiger partial charge in [-0.05, 0) is 75.2 Å². The number of carbonyl (C=O) groups is 2. The first kappa shape index (κ1) is 19.5. The highest BCUT2D eigenvalue weighted by atomic mass is 16.2. The largest absolute Gasteiger partial charge is 0.337 e. The van der Waals surface area contributed by atoms with Crippen molar-refractivity contribution < 1.29 is 9.59 Å². The molecule has 0 N–H and O–H groups in total. The molecule has 6 aliphatic rings. The van der Waals surface area contributed by atoms with E-state index in [2.05, 4.69) is 14.9 Å². The van der Waals surface area contributed by atoms with Crippen molar-refractivity contribution in [2.75, 3.05) is 37.6 Å². The molecule has 7 heteroatoms. The van der Waals surface area contributed by atoms with Gasteiger partial charge in [0.2, 0.25) is 17.8 Å². The number of hydrogen-bond acceptors (Lipinski definition) is 5. The number of nitrogens with zero attached hydrogens (tertiary/aromatic N) is 5. The average molecular weight is 424 g/mol. The molecule has 2 aliphatic heterocycles. The molecule has 2 amide bonds. The molecule has 3 heterocycles. The lowest BCUT2D eigenvalue weighted by molar-refractivity contribution is -0.162. The summed E-state index contributed by atoms with van der Waals surface area (Å²) in [5.74, 6) is 3.46. The van der Waals surface area contributed by atoms with Crippen LogP contribution in [0.3, 0.4) is 0 Å². The van der Waals surface area contributed by atoms with Gasteiger partial charge in [0.05, 0.1) is 5.41 Å². The van der Waals surface area contributed by atoms with Gasteiger partial charge in [-0.1, -0.05) is 0 Å². The van der Waals surface area contributed by atoms with Crippen LogP contribution in [0.2, 0.25) is 0 Å². The highest BCUT2D eigenvalue weighted by Gasteiger charge is 2.57. The molecule has 31 heavy (non-hydrogen) atoms. The predicted molar refractivity (Wildman–Crippen MR) is 116 cm³/mol. The number of carbonyl (C=O) groups excluding carboxylic acids is 2. The number of hydrogen-bond donors (Lipinski definition) is 0. The normalized spacial score (nSPS) is 36.8. The topological polar surface area (TPSA) is 69.6 Å². The molecule has 2 saturated heterocycles. The third-order valence-corrected chi connectivity index (χ3v) is 8.72. The Balaban J connectivity index is 1.13. The fraction of sp³-hybridized carbons (Fsp3) is 0.750. The second kappa shape index (κ2) is 7.45. The fourth-order valence-electron chi connectivity index (χ4n) is 7.74. The van der Waals surface area contributed by atoms with Gasteiger partial charge < -0.3 is 14.7 Å². The summed E-state index contributed by atoms with van der Waals surface area (Å²) in [4.78, 5) is 42.1. The smallest absolute Gasteiger partial charge is 0.245 e. The first-order valence-electron chi connectivity index (χ1n) is 12.2. The summed E-state index contributed by atoms with van der Waals surface area (Å²) in [6, 6.07) is 1.57. The SMILES string of the molecule is O=C(C1CCCN1C(=O)C12CC3CC(CC(C3)C1)C2)N1CCN(c2ncccn2)CC1. The van der Waals surface area contributed by atoms with E-state index in [1.807, 2.05) is 15.9 Å². The van der Waals surface area contributed by atoms with E-state index in [1.165, 1.54) is 19.3 Å². The Hall–Kier alpha value is -2.18. The van der Waals surface area contributed by atoms with Gasteiger partial charge in [0.1, 0.15) is 6.04 Å². The van der Waals surface area contributed by atoms with E-state index in [0.717, 1.165) is 75.4 Å². The van der Waals surface area contributed by atoms with Crippen LogP contribution in [0.25, 0.3) is 0 Å². The highest BCUT2D eigenvalue weighted by molar-refractivity contribution is 5.91. The molecule has 0 spiro atoms. The molecule has 1 unspecified atom stereocenters. The van der Waals surface area contributed by atoms with Gasteiger partial charge in [-0.15, -0.1) is 0 Å². The van der Waals surface area contributed by atoms with Gasteiger partial charge in [0.15, 0.2) is 0 Å². The Morgan fingerprint density at radius 1 is 0.871 bits per heavy atom. The molecule has 0 aromatic carbocycles. The number of anilines is 1. The Labute approximate surface area is 184 Å². The number of likely N-dealkylation sites (tertiary alicyclic amines) is 1. The first-order chi connectivity index (χ1) is 15.1. The highest BCUT2D eigenvalue weighted by Crippen LogP contribution is 2.60. The monoisotopic (exact) mass is 423 g/mol. The number of rotatable bonds is 3. The summed E-state index contributed by atoms with van der Waals surface area (Å²) >= 11 is 0. The fourth-order valence-corrected chi connectivity index (χ4v) is 7.74. The van der Waals surface area contributed by atoms with E-state index in [9.17, 15) is 9.59 Å². The first-order valence-corrected chi connectivity index (χ1v) is 12.2. The minimum atomic E-state index is -0.250. The molecule has 7 rings (SSSR count). The summed E-state index contributed by atoms with van der Waals surface area (Å²) in [5.41, 5.74) is -0.152. The third-order valence-electron chi connectivity index (χ3n) is 8.72. The molecular weight excluding hydrogens is 390 g/mol. The maximum atomic E-state index is 13.9. The van der Waals surface area contributed by atoms with Crippen molar-refractivity contribution in [1.82, 2.24) is 19.8 Å². The van der Waals surface area contributed by atoms with Crippen molar-refractivity contribution in [3.8, 4) is 0 Å². The molecule has 1 aromatic rings. The summed E-state index contributed by atoms with van der Waals surface area (Å²) in [6.07, 6.45) is 12.5. The Kier molecular flexibility index (Phi) is 4.69. The second-order valence-electron chi connectivity index (χ2n) is 10.7. The molecule has 4 aliphatic carbocycles. The van der Waals surface area contributed by atoms with Crippen LogP contribution < -0.4 is 4.90 Å². The second-order valence-corrected chi connectivity index (χ2v) is 10.7. The van der Waals surface area contributed by atoms with E-state index < -0.39 is 0 Å². The Bertz CT molecular complexity index is 816. The molecule has 1 atom stereocenters. The molecule has 4 bridgehead atoms. The maximum absolute atomic E-state index is 13.9. The quantitative estimate of drug-likeness (QED) is 0.746. The zero-order chi connectivity index (χ0) is 21.0. The van der Waals surface area contributed by atoms with Crippen molar-refractivity contribution >= 4 is 17.8 Å². The lowest BCUT2D eigenvalue weighted by atomic mass is 9.49. The minimum absolute atomic E-state index is 0.152. The van der Waals surface area contributed by atoms with Crippen LogP contribution in [0.15, 0.2) is 18.5 Å². The minimum Gasteiger partial charge on any atom is -0.337 e. The summed E-state index contributed by atoms with van der Waals surface area (Å²) in [5, 5.41) is 0. The third kappa shape index (κ3) is 3.31. The molecule has 4 saturated carbocycles. The van der Waals surface area contributed by atoms with Gasteiger partial charge in [-0.3, -0.25) is 9.59 Å². The summed E-state index contributed by atoms with van der Waals surface area (Å²) < 4.78 is 0. The van der Waals surface area contributed by atoms with Crippen LogP contribution >= 0.6 is 0 Å². The average Bonchev–Trinajstić information content (AvgIpc) is 3.28. The van der Waals surface area contributed by atoms with Crippen LogP contribution in [-0.4, -0.2) is 70.3 Å². The predicted octanol–water partition coefficient (Wildman–Crippen LogP) is 2.33. The molecule has 7 nitrogen and oxygen atoms in total. The van der Waals surface area contributed by atoms with Crippen molar-refractivity contribution in [2.45, 2.75) is 57.4 Å². The molecule has 1 aromatic heterocycles. The van der Waals surface area contributed by atoms with Gasteiger partial charge >= 0.3 is 0 Å². The van der Waals surface area contributed by atoms with Crippen LogP contribution in [0, 0.1) is 23.2 Å². The molecule has 0 radical (unpaired) electrons. The van der Waals surface area contributed by atoms with Gasteiger partial charge in [0, 0.05) is 45.1 Å². The lowest BCUT2D eigenvalue weighted by Gasteiger charge is -2.56. The summed E-state index contributed by atoms with van der Waals surface area (Å²) in [6.45, 7) is 3.59. The van der Waals surface area contributed by atoms with Crippen LogP contribution in [0.4, 0.5) is 5.95 Å². The van der Waals surface area contributed by atoms with E-state index in [1.54, 1.807) is 12.4 Å². The Morgan fingerprint density at radius 3 is 2.10 bits per heavy atom. The van der Waals surface area contributed by atoms with E-state index in [0.29, 0.717) is 19.0 Å². The number of aromatic nitrogens is 2. The van der Waals surface area contributed by atoms with Crippen molar-refractivity contribution in [1.29, 1.82) is 0 Å².